The monoisotopic (exact) mass is 218 g/mol. The van der Waals surface area contributed by atoms with Gasteiger partial charge in [-0.25, -0.2) is 4.79 Å². The smallest absolute Gasteiger partial charge is 0.333 e. The number of ether oxygens (including phenoxy) is 1. The van der Waals surface area contributed by atoms with E-state index < -0.39 is 0 Å². The maximum atomic E-state index is 11.5. The first kappa shape index (κ1) is 12.5. The molecular weight excluding hydrogens is 200 g/mol. The van der Waals surface area contributed by atoms with Gasteiger partial charge in [-0.05, 0) is 31.4 Å². The minimum absolute atomic E-state index is 0.176. The summed E-state index contributed by atoms with van der Waals surface area (Å²) >= 11 is 0. The van der Waals surface area contributed by atoms with Crippen LogP contribution in [0.15, 0.2) is 36.4 Å². The molecule has 1 rings (SSSR count). The molecule has 1 atom stereocenters. The molecule has 0 aliphatic carbocycles. The van der Waals surface area contributed by atoms with Gasteiger partial charge in [0.2, 0.25) is 0 Å². The minimum atomic E-state index is -0.324. The standard InChI is InChI=1S/C14H18O2/c1-5-13(16-14(15)10(2)3)12-9-7-6-8-11(12)4/h6-9,13H,2,5H2,1,3-4H3. The fourth-order valence-electron chi connectivity index (χ4n) is 1.54. The Morgan fingerprint density at radius 3 is 2.56 bits per heavy atom. The molecule has 0 fully saturated rings. The molecule has 0 spiro atoms. The first-order valence-electron chi connectivity index (χ1n) is 5.48. The molecule has 0 N–H and O–H groups in total. The summed E-state index contributed by atoms with van der Waals surface area (Å²) in [6, 6.07) is 7.95. The van der Waals surface area contributed by atoms with Gasteiger partial charge in [-0.3, -0.25) is 0 Å². The Labute approximate surface area is 96.9 Å². The number of aryl methyl sites for hydroxylation is 1. The highest BCUT2D eigenvalue weighted by Gasteiger charge is 2.16. The normalized spacial score (nSPS) is 11.9. The molecule has 0 bridgehead atoms. The van der Waals surface area contributed by atoms with Gasteiger partial charge in [0.1, 0.15) is 6.10 Å². The van der Waals surface area contributed by atoms with Gasteiger partial charge in [-0.2, -0.15) is 0 Å². The predicted molar refractivity (Wildman–Crippen MR) is 65.1 cm³/mol. The first-order valence-corrected chi connectivity index (χ1v) is 5.48. The highest BCUT2D eigenvalue weighted by Crippen LogP contribution is 2.24. The second-order valence-corrected chi connectivity index (χ2v) is 3.94. The lowest BCUT2D eigenvalue weighted by molar-refractivity contribution is -0.144. The number of esters is 1. The van der Waals surface area contributed by atoms with Crippen molar-refractivity contribution in [1.29, 1.82) is 0 Å². The number of benzene rings is 1. The van der Waals surface area contributed by atoms with Crippen molar-refractivity contribution in [2.24, 2.45) is 0 Å². The average Bonchev–Trinajstić information content (AvgIpc) is 2.26. The van der Waals surface area contributed by atoms with Gasteiger partial charge in [0.15, 0.2) is 0 Å². The van der Waals surface area contributed by atoms with Crippen LogP contribution >= 0.6 is 0 Å². The van der Waals surface area contributed by atoms with E-state index in [1.54, 1.807) is 6.92 Å². The molecule has 0 saturated carbocycles. The van der Waals surface area contributed by atoms with E-state index in [0.717, 1.165) is 17.5 Å². The van der Waals surface area contributed by atoms with Crippen molar-refractivity contribution in [2.45, 2.75) is 33.3 Å². The fourth-order valence-corrected chi connectivity index (χ4v) is 1.54. The summed E-state index contributed by atoms with van der Waals surface area (Å²) < 4.78 is 5.39. The Hall–Kier alpha value is -1.57. The van der Waals surface area contributed by atoms with Crippen molar-refractivity contribution < 1.29 is 9.53 Å². The summed E-state index contributed by atoms with van der Waals surface area (Å²) in [7, 11) is 0. The van der Waals surface area contributed by atoms with Gasteiger partial charge < -0.3 is 4.74 Å². The maximum absolute atomic E-state index is 11.5. The zero-order chi connectivity index (χ0) is 12.1. The summed E-state index contributed by atoms with van der Waals surface area (Å²) in [6.07, 6.45) is 0.592. The van der Waals surface area contributed by atoms with Crippen LogP contribution in [0.2, 0.25) is 0 Å². The predicted octanol–water partition coefficient (Wildman–Crippen LogP) is 3.57. The summed E-state index contributed by atoms with van der Waals surface area (Å²) in [4.78, 5) is 11.5. The van der Waals surface area contributed by atoms with Crippen molar-refractivity contribution in [3.63, 3.8) is 0 Å². The zero-order valence-electron chi connectivity index (χ0n) is 10.1. The summed E-state index contributed by atoms with van der Waals surface area (Å²) in [5.41, 5.74) is 2.65. The van der Waals surface area contributed by atoms with Crippen molar-refractivity contribution in [2.75, 3.05) is 0 Å². The van der Waals surface area contributed by atoms with E-state index in [1.807, 2.05) is 38.1 Å². The molecule has 16 heavy (non-hydrogen) atoms. The van der Waals surface area contributed by atoms with Crippen molar-refractivity contribution in [3.8, 4) is 0 Å². The van der Waals surface area contributed by atoms with E-state index in [1.165, 1.54) is 0 Å². The van der Waals surface area contributed by atoms with Gasteiger partial charge in [0.05, 0.1) is 0 Å². The molecule has 0 heterocycles. The summed E-state index contributed by atoms with van der Waals surface area (Å²) in [5, 5.41) is 0. The number of hydrogen-bond acceptors (Lipinski definition) is 2. The second kappa shape index (κ2) is 5.50. The minimum Gasteiger partial charge on any atom is -0.454 e. The van der Waals surface area contributed by atoms with Gasteiger partial charge in [0, 0.05) is 5.57 Å². The Bertz CT molecular complexity index is 393. The largest absolute Gasteiger partial charge is 0.454 e. The lowest BCUT2D eigenvalue weighted by Gasteiger charge is -2.18. The van der Waals surface area contributed by atoms with Crippen LogP contribution in [0.1, 0.15) is 37.5 Å². The van der Waals surface area contributed by atoms with Crippen LogP contribution in [0.4, 0.5) is 0 Å². The maximum Gasteiger partial charge on any atom is 0.333 e. The van der Waals surface area contributed by atoms with Crippen LogP contribution in [0.3, 0.4) is 0 Å². The highest BCUT2D eigenvalue weighted by atomic mass is 16.5. The molecule has 2 nitrogen and oxygen atoms in total. The Morgan fingerprint density at radius 1 is 1.44 bits per heavy atom. The fraction of sp³-hybridized carbons (Fsp3) is 0.357. The van der Waals surface area contributed by atoms with Crippen molar-refractivity contribution in [3.05, 3.63) is 47.5 Å². The lowest BCUT2D eigenvalue weighted by atomic mass is 10.0. The zero-order valence-corrected chi connectivity index (χ0v) is 10.1. The van der Waals surface area contributed by atoms with E-state index in [9.17, 15) is 4.79 Å². The van der Waals surface area contributed by atoms with Gasteiger partial charge in [-0.1, -0.05) is 37.8 Å². The molecule has 0 radical (unpaired) electrons. The molecule has 1 unspecified atom stereocenters. The third-order valence-electron chi connectivity index (χ3n) is 2.50. The van der Waals surface area contributed by atoms with E-state index in [2.05, 4.69) is 6.58 Å². The molecule has 1 aromatic rings. The first-order chi connectivity index (χ1) is 7.56. The van der Waals surface area contributed by atoms with Crippen LogP contribution < -0.4 is 0 Å². The van der Waals surface area contributed by atoms with Crippen molar-refractivity contribution in [1.82, 2.24) is 0 Å². The molecule has 0 saturated heterocycles. The number of rotatable bonds is 4. The van der Waals surface area contributed by atoms with Crippen LogP contribution in [-0.2, 0) is 9.53 Å². The third-order valence-corrected chi connectivity index (χ3v) is 2.50. The molecule has 86 valence electrons. The van der Waals surface area contributed by atoms with Crippen LogP contribution in [-0.4, -0.2) is 5.97 Å². The summed E-state index contributed by atoms with van der Waals surface area (Å²) in [5.74, 6) is -0.324. The highest BCUT2D eigenvalue weighted by molar-refractivity contribution is 5.87. The molecule has 0 amide bonds. The molecular formula is C14H18O2. The number of carbonyl (C=O) groups is 1. The molecule has 2 heteroatoms. The van der Waals surface area contributed by atoms with Gasteiger partial charge in [-0.15, -0.1) is 0 Å². The Balaban J connectivity index is 2.87. The van der Waals surface area contributed by atoms with E-state index in [0.29, 0.717) is 5.57 Å². The summed E-state index contributed by atoms with van der Waals surface area (Å²) in [6.45, 7) is 9.27. The third kappa shape index (κ3) is 2.96. The number of hydrogen-bond donors (Lipinski definition) is 0. The topological polar surface area (TPSA) is 26.3 Å². The van der Waals surface area contributed by atoms with E-state index >= 15 is 0 Å². The Morgan fingerprint density at radius 2 is 2.06 bits per heavy atom. The molecule has 0 aromatic heterocycles. The molecule has 0 aliphatic rings. The van der Waals surface area contributed by atoms with E-state index in [4.69, 9.17) is 4.74 Å². The van der Waals surface area contributed by atoms with Crippen LogP contribution in [0, 0.1) is 6.92 Å². The Kier molecular flexibility index (Phi) is 4.29. The second-order valence-electron chi connectivity index (χ2n) is 3.94. The quantitative estimate of drug-likeness (QED) is 0.570. The average molecular weight is 218 g/mol. The lowest BCUT2D eigenvalue weighted by Crippen LogP contribution is -2.12. The molecule has 1 aromatic carbocycles. The van der Waals surface area contributed by atoms with Gasteiger partial charge in [0.25, 0.3) is 0 Å². The van der Waals surface area contributed by atoms with E-state index in [-0.39, 0.29) is 12.1 Å². The SMILES string of the molecule is C=C(C)C(=O)OC(CC)c1ccccc1C. The van der Waals surface area contributed by atoms with Crippen molar-refractivity contribution >= 4 is 5.97 Å². The van der Waals surface area contributed by atoms with Crippen LogP contribution in [0.25, 0.3) is 0 Å². The molecule has 0 aliphatic heterocycles. The van der Waals surface area contributed by atoms with Gasteiger partial charge >= 0.3 is 5.97 Å². The van der Waals surface area contributed by atoms with Crippen LogP contribution in [0.5, 0.6) is 0 Å². The number of carbonyl (C=O) groups excluding carboxylic acids is 1.